The number of anilines is 1. The van der Waals surface area contributed by atoms with E-state index in [9.17, 15) is 18.3 Å². The summed E-state index contributed by atoms with van der Waals surface area (Å²) >= 11 is 5.76. The molecule has 0 bridgehead atoms. The van der Waals surface area contributed by atoms with E-state index in [1.165, 1.54) is 30.3 Å². The minimum Gasteiger partial charge on any atom is -0.478 e. The second kappa shape index (κ2) is 6.14. The van der Waals surface area contributed by atoms with E-state index in [0.717, 1.165) is 0 Å². The highest BCUT2D eigenvalue weighted by Gasteiger charge is 2.20. The van der Waals surface area contributed by atoms with Crippen LogP contribution < -0.4 is 4.72 Å². The van der Waals surface area contributed by atoms with Crippen molar-refractivity contribution in [3.8, 4) is 0 Å². The van der Waals surface area contributed by atoms with Gasteiger partial charge in [-0.2, -0.15) is 0 Å². The van der Waals surface area contributed by atoms with Gasteiger partial charge in [0.15, 0.2) is 0 Å². The zero-order valence-electron chi connectivity index (χ0n) is 12.2. The van der Waals surface area contributed by atoms with Crippen molar-refractivity contribution in [2.75, 3.05) is 4.72 Å². The zero-order valence-corrected chi connectivity index (χ0v) is 13.8. The molecule has 0 spiro atoms. The first-order valence-corrected chi connectivity index (χ1v) is 8.78. The van der Waals surface area contributed by atoms with Crippen molar-refractivity contribution < 1.29 is 18.3 Å². The number of benzene rings is 3. The molecule has 0 aliphatic carbocycles. The fourth-order valence-corrected chi connectivity index (χ4v) is 3.60. The number of nitrogens with one attached hydrogen (secondary N) is 1. The largest absolute Gasteiger partial charge is 0.478 e. The summed E-state index contributed by atoms with van der Waals surface area (Å²) in [6.07, 6.45) is 0. The molecule has 5 nitrogen and oxygen atoms in total. The molecule has 0 fully saturated rings. The number of hydrogen-bond donors (Lipinski definition) is 2. The molecule has 122 valence electrons. The van der Waals surface area contributed by atoms with Crippen molar-refractivity contribution in [3.63, 3.8) is 0 Å². The quantitative estimate of drug-likeness (QED) is 0.735. The van der Waals surface area contributed by atoms with E-state index in [1.807, 2.05) is 0 Å². The number of carboxylic acid groups (broad SMARTS) is 1. The van der Waals surface area contributed by atoms with Gasteiger partial charge in [-0.15, -0.1) is 0 Å². The summed E-state index contributed by atoms with van der Waals surface area (Å²) in [4.78, 5) is 11.6. The van der Waals surface area contributed by atoms with Crippen LogP contribution in [0.5, 0.6) is 0 Å². The van der Waals surface area contributed by atoms with Crippen LogP contribution in [0, 0.1) is 0 Å². The smallest absolute Gasteiger partial charge is 0.338 e. The molecule has 0 aliphatic heterocycles. The lowest BCUT2D eigenvalue weighted by atomic mass is 10.0. The first-order chi connectivity index (χ1) is 11.4. The van der Waals surface area contributed by atoms with Crippen molar-refractivity contribution in [1.29, 1.82) is 0 Å². The molecule has 7 heteroatoms. The molecule has 0 unspecified atom stereocenters. The average molecular weight is 362 g/mol. The number of halogens is 1. The van der Waals surface area contributed by atoms with Crippen LogP contribution in [0.3, 0.4) is 0 Å². The van der Waals surface area contributed by atoms with Crippen LogP contribution in [-0.2, 0) is 10.0 Å². The number of fused-ring (bicyclic) bond motifs is 1. The highest BCUT2D eigenvalue weighted by molar-refractivity contribution is 7.92. The zero-order chi connectivity index (χ0) is 17.3. The van der Waals surface area contributed by atoms with Crippen LogP contribution in [0.25, 0.3) is 10.8 Å². The van der Waals surface area contributed by atoms with E-state index in [1.54, 1.807) is 30.3 Å². The summed E-state index contributed by atoms with van der Waals surface area (Å²) in [7, 11) is -3.93. The van der Waals surface area contributed by atoms with Gasteiger partial charge >= 0.3 is 5.97 Å². The third-order valence-corrected chi connectivity index (χ3v) is 5.14. The summed E-state index contributed by atoms with van der Waals surface area (Å²) in [6, 6.07) is 15.6. The van der Waals surface area contributed by atoms with Crippen molar-refractivity contribution in [2.24, 2.45) is 0 Å². The maximum atomic E-state index is 12.5. The minimum atomic E-state index is -3.93. The summed E-state index contributed by atoms with van der Waals surface area (Å²) in [5.74, 6) is -1.21. The Balaban J connectivity index is 2.11. The van der Waals surface area contributed by atoms with Crippen molar-refractivity contribution in [2.45, 2.75) is 4.90 Å². The molecule has 24 heavy (non-hydrogen) atoms. The maximum absolute atomic E-state index is 12.5. The van der Waals surface area contributed by atoms with Gasteiger partial charge in [0.1, 0.15) is 0 Å². The van der Waals surface area contributed by atoms with Crippen LogP contribution in [0.4, 0.5) is 5.69 Å². The standard InChI is InChI=1S/C17H12ClNO4S/c18-12-6-8-13(9-7-12)24(22,23)19-15-10-5-11-3-1-2-4-14(11)16(15)17(20)21/h1-10,19H,(H,20,21). The Kier molecular flexibility index (Phi) is 4.17. The van der Waals surface area contributed by atoms with Gasteiger partial charge in [-0.05, 0) is 41.1 Å². The van der Waals surface area contributed by atoms with E-state index in [2.05, 4.69) is 4.72 Å². The summed E-state index contributed by atoms with van der Waals surface area (Å²) < 4.78 is 27.3. The van der Waals surface area contributed by atoms with Gasteiger partial charge in [-0.25, -0.2) is 13.2 Å². The Morgan fingerprint density at radius 1 is 0.958 bits per heavy atom. The molecule has 0 radical (unpaired) electrons. The number of rotatable bonds is 4. The van der Waals surface area contributed by atoms with E-state index in [-0.39, 0.29) is 16.1 Å². The SMILES string of the molecule is O=C(O)c1c(NS(=O)(=O)c2ccc(Cl)cc2)ccc2ccccc12. The first-order valence-electron chi connectivity index (χ1n) is 6.92. The fourth-order valence-electron chi connectivity index (χ4n) is 2.40. The lowest BCUT2D eigenvalue weighted by Crippen LogP contribution is -2.15. The van der Waals surface area contributed by atoms with Crippen LogP contribution in [0.1, 0.15) is 10.4 Å². The van der Waals surface area contributed by atoms with Crippen molar-refractivity contribution in [3.05, 3.63) is 71.2 Å². The first kappa shape index (κ1) is 16.3. The monoisotopic (exact) mass is 361 g/mol. The molecule has 0 saturated heterocycles. The number of aromatic carboxylic acids is 1. The third kappa shape index (κ3) is 3.06. The van der Waals surface area contributed by atoms with Gasteiger partial charge in [-0.3, -0.25) is 4.72 Å². The molecular formula is C17H12ClNO4S. The Morgan fingerprint density at radius 2 is 1.62 bits per heavy atom. The Labute approximate surface area is 143 Å². The van der Waals surface area contributed by atoms with Gasteiger partial charge in [0.2, 0.25) is 0 Å². The molecule has 0 aliphatic rings. The normalized spacial score (nSPS) is 11.4. The minimum absolute atomic E-state index is 0.00334. The fraction of sp³-hybridized carbons (Fsp3) is 0. The Morgan fingerprint density at radius 3 is 2.29 bits per heavy atom. The topological polar surface area (TPSA) is 83.5 Å². The number of hydrogen-bond acceptors (Lipinski definition) is 3. The van der Waals surface area contributed by atoms with Gasteiger partial charge in [-0.1, -0.05) is 41.9 Å². The predicted octanol–water partition coefficient (Wildman–Crippen LogP) is 3.99. The summed E-state index contributed by atoms with van der Waals surface area (Å²) in [5, 5.41) is 11.1. The predicted molar refractivity (Wildman–Crippen MR) is 93.2 cm³/mol. The molecule has 3 aromatic rings. The molecule has 3 aromatic carbocycles. The van der Waals surface area contributed by atoms with Gasteiger partial charge in [0.25, 0.3) is 10.0 Å². The molecule has 0 amide bonds. The van der Waals surface area contributed by atoms with E-state index >= 15 is 0 Å². The molecule has 0 atom stereocenters. The summed E-state index contributed by atoms with van der Waals surface area (Å²) in [6.45, 7) is 0. The molecule has 0 heterocycles. The van der Waals surface area contributed by atoms with Crippen LogP contribution in [0.2, 0.25) is 5.02 Å². The molecule has 2 N–H and O–H groups in total. The average Bonchev–Trinajstić information content (AvgIpc) is 2.54. The number of sulfonamides is 1. The molecule has 0 saturated carbocycles. The number of carboxylic acids is 1. The second-order valence-corrected chi connectivity index (χ2v) is 7.19. The van der Waals surface area contributed by atoms with E-state index < -0.39 is 16.0 Å². The van der Waals surface area contributed by atoms with Gasteiger partial charge < -0.3 is 5.11 Å². The molecule has 3 rings (SSSR count). The van der Waals surface area contributed by atoms with Crippen LogP contribution in [0.15, 0.2) is 65.6 Å². The lowest BCUT2D eigenvalue weighted by molar-refractivity contribution is 0.0700. The maximum Gasteiger partial charge on any atom is 0.338 e. The lowest BCUT2D eigenvalue weighted by Gasteiger charge is -2.13. The van der Waals surface area contributed by atoms with E-state index in [4.69, 9.17) is 11.6 Å². The third-order valence-electron chi connectivity index (χ3n) is 3.51. The van der Waals surface area contributed by atoms with Gasteiger partial charge in [0.05, 0.1) is 16.1 Å². The summed E-state index contributed by atoms with van der Waals surface area (Å²) in [5.41, 5.74) is -0.0817. The Hall–Kier alpha value is -2.57. The van der Waals surface area contributed by atoms with E-state index in [0.29, 0.717) is 15.8 Å². The van der Waals surface area contributed by atoms with Crippen molar-refractivity contribution in [1.82, 2.24) is 0 Å². The molecular weight excluding hydrogens is 350 g/mol. The molecule has 0 aromatic heterocycles. The number of carbonyl (C=O) groups is 1. The van der Waals surface area contributed by atoms with Gasteiger partial charge in [0, 0.05) is 5.02 Å². The highest BCUT2D eigenvalue weighted by atomic mass is 35.5. The Bertz CT molecular complexity index is 1030. The van der Waals surface area contributed by atoms with Crippen molar-refractivity contribution >= 4 is 44.1 Å². The second-order valence-electron chi connectivity index (χ2n) is 5.07. The van der Waals surface area contributed by atoms with Crippen LogP contribution >= 0.6 is 11.6 Å². The van der Waals surface area contributed by atoms with Crippen LogP contribution in [-0.4, -0.2) is 19.5 Å². The highest BCUT2D eigenvalue weighted by Crippen LogP contribution is 2.28.